The fraction of sp³-hybridized carbons (Fsp3) is 0.600. The van der Waals surface area contributed by atoms with Crippen LogP contribution in [0.2, 0.25) is 0 Å². The summed E-state index contributed by atoms with van der Waals surface area (Å²) in [5.74, 6) is 0.731. The van der Waals surface area contributed by atoms with E-state index < -0.39 is 12.0 Å². The van der Waals surface area contributed by atoms with Crippen molar-refractivity contribution in [3.63, 3.8) is 0 Å². The minimum Gasteiger partial charge on any atom is -0.435 e. The standard InChI is InChI=1S/C20H24F2N2O3/c21-19(22)27-16-6-4-15(5-7-16)17(25)24-11-9-20(13-24)8-1-10-23(18(20)26)12-14-2-3-14/h4-7,14,19H,1-3,8-13H2/t20-/m0/s1. The second-order valence-electron chi connectivity index (χ2n) is 7.96. The summed E-state index contributed by atoms with van der Waals surface area (Å²) in [4.78, 5) is 29.6. The fourth-order valence-corrected chi connectivity index (χ4v) is 4.32. The third kappa shape index (κ3) is 3.77. The first-order valence-corrected chi connectivity index (χ1v) is 9.60. The van der Waals surface area contributed by atoms with Gasteiger partial charge in [0.25, 0.3) is 5.91 Å². The number of benzene rings is 1. The molecule has 3 fully saturated rings. The number of carbonyl (C=O) groups is 2. The van der Waals surface area contributed by atoms with Crippen LogP contribution in [0, 0.1) is 11.3 Å². The molecule has 27 heavy (non-hydrogen) atoms. The molecule has 2 aliphatic heterocycles. The van der Waals surface area contributed by atoms with Crippen molar-refractivity contribution in [3.8, 4) is 5.75 Å². The molecule has 0 bridgehead atoms. The van der Waals surface area contributed by atoms with Crippen molar-refractivity contribution < 1.29 is 23.1 Å². The summed E-state index contributed by atoms with van der Waals surface area (Å²) in [6.07, 6.45) is 4.95. The molecule has 0 aromatic heterocycles. The monoisotopic (exact) mass is 378 g/mol. The van der Waals surface area contributed by atoms with E-state index in [0.29, 0.717) is 31.0 Å². The van der Waals surface area contributed by atoms with Crippen molar-refractivity contribution in [1.29, 1.82) is 0 Å². The number of hydrogen-bond acceptors (Lipinski definition) is 3. The summed E-state index contributed by atoms with van der Waals surface area (Å²) in [6, 6.07) is 5.73. The van der Waals surface area contributed by atoms with E-state index >= 15 is 0 Å². The Hall–Kier alpha value is -2.18. The Kier molecular flexibility index (Phi) is 4.78. The highest BCUT2D eigenvalue weighted by Crippen LogP contribution is 2.42. The highest BCUT2D eigenvalue weighted by molar-refractivity contribution is 5.95. The number of alkyl halides is 2. The van der Waals surface area contributed by atoms with E-state index in [1.165, 1.54) is 37.1 Å². The number of halogens is 2. The zero-order valence-electron chi connectivity index (χ0n) is 15.2. The second-order valence-corrected chi connectivity index (χ2v) is 7.96. The molecule has 7 heteroatoms. The SMILES string of the molecule is O=C(c1ccc(OC(F)F)cc1)N1CC[C@@]2(CCCN(CC3CC3)C2=O)C1. The highest BCUT2D eigenvalue weighted by atomic mass is 19.3. The first kappa shape index (κ1) is 18.2. The van der Waals surface area contributed by atoms with Crippen LogP contribution in [0.15, 0.2) is 24.3 Å². The molecule has 2 saturated heterocycles. The second kappa shape index (κ2) is 7.09. The Morgan fingerprint density at radius 2 is 1.93 bits per heavy atom. The molecular formula is C20H24F2N2O3. The Morgan fingerprint density at radius 3 is 2.59 bits per heavy atom. The number of piperidine rings is 1. The number of nitrogens with zero attached hydrogens (tertiary/aromatic N) is 2. The van der Waals surface area contributed by atoms with E-state index in [4.69, 9.17) is 0 Å². The average molecular weight is 378 g/mol. The van der Waals surface area contributed by atoms with Crippen molar-refractivity contribution in [2.75, 3.05) is 26.2 Å². The fourth-order valence-electron chi connectivity index (χ4n) is 4.32. The van der Waals surface area contributed by atoms with Crippen LogP contribution in [-0.2, 0) is 4.79 Å². The number of hydrogen-bond donors (Lipinski definition) is 0. The largest absolute Gasteiger partial charge is 0.435 e. The van der Waals surface area contributed by atoms with Crippen molar-refractivity contribution >= 4 is 11.8 Å². The van der Waals surface area contributed by atoms with E-state index in [1.54, 1.807) is 4.90 Å². The molecule has 1 atom stereocenters. The summed E-state index contributed by atoms with van der Waals surface area (Å²) in [5.41, 5.74) is -0.0200. The predicted octanol–water partition coefficient (Wildman–Crippen LogP) is 3.15. The van der Waals surface area contributed by atoms with Crippen LogP contribution in [0.25, 0.3) is 0 Å². The quantitative estimate of drug-likeness (QED) is 0.791. The normalized spacial score (nSPS) is 25.5. The van der Waals surface area contributed by atoms with Gasteiger partial charge >= 0.3 is 6.61 Å². The molecule has 2 heterocycles. The lowest BCUT2D eigenvalue weighted by Crippen LogP contribution is -2.50. The van der Waals surface area contributed by atoms with Gasteiger partial charge in [-0.15, -0.1) is 0 Å². The van der Waals surface area contributed by atoms with Gasteiger partial charge in [-0.2, -0.15) is 8.78 Å². The number of carbonyl (C=O) groups excluding carboxylic acids is 2. The van der Waals surface area contributed by atoms with Gasteiger partial charge in [0.2, 0.25) is 5.91 Å². The van der Waals surface area contributed by atoms with Gasteiger partial charge in [0.1, 0.15) is 5.75 Å². The number of rotatable bonds is 5. The van der Waals surface area contributed by atoms with Crippen molar-refractivity contribution in [1.82, 2.24) is 9.80 Å². The zero-order chi connectivity index (χ0) is 19.0. The van der Waals surface area contributed by atoms with Gasteiger partial charge in [-0.25, -0.2) is 0 Å². The van der Waals surface area contributed by atoms with E-state index in [9.17, 15) is 18.4 Å². The van der Waals surface area contributed by atoms with Crippen LogP contribution in [0.5, 0.6) is 5.75 Å². The van der Waals surface area contributed by atoms with E-state index in [2.05, 4.69) is 4.74 Å². The maximum atomic E-state index is 13.1. The Labute approximate surface area is 157 Å². The molecule has 1 saturated carbocycles. The molecule has 5 nitrogen and oxygen atoms in total. The number of amides is 2. The molecule has 146 valence electrons. The molecule has 1 spiro atoms. The average Bonchev–Trinajstić information content (AvgIpc) is 3.36. The molecule has 0 unspecified atom stereocenters. The lowest BCUT2D eigenvalue weighted by molar-refractivity contribution is -0.145. The number of ether oxygens (including phenoxy) is 1. The van der Waals surface area contributed by atoms with Crippen molar-refractivity contribution in [3.05, 3.63) is 29.8 Å². The predicted molar refractivity (Wildman–Crippen MR) is 94.6 cm³/mol. The minimum atomic E-state index is -2.89. The molecule has 1 aromatic carbocycles. The smallest absolute Gasteiger partial charge is 0.387 e. The summed E-state index contributed by atoms with van der Waals surface area (Å²) in [5, 5.41) is 0. The van der Waals surface area contributed by atoms with E-state index in [1.807, 2.05) is 4.90 Å². The lowest BCUT2D eigenvalue weighted by atomic mass is 9.78. The van der Waals surface area contributed by atoms with Crippen LogP contribution < -0.4 is 4.74 Å². The lowest BCUT2D eigenvalue weighted by Gasteiger charge is -2.39. The third-order valence-corrected chi connectivity index (χ3v) is 5.97. The van der Waals surface area contributed by atoms with Crippen LogP contribution >= 0.6 is 0 Å². The summed E-state index contributed by atoms with van der Waals surface area (Å²) in [7, 11) is 0. The van der Waals surface area contributed by atoms with Gasteiger partial charge in [-0.05, 0) is 62.3 Å². The molecule has 3 aliphatic rings. The van der Waals surface area contributed by atoms with Crippen molar-refractivity contribution in [2.45, 2.75) is 38.7 Å². The highest BCUT2D eigenvalue weighted by Gasteiger charge is 2.49. The minimum absolute atomic E-state index is 0.0256. The third-order valence-electron chi connectivity index (χ3n) is 5.97. The van der Waals surface area contributed by atoms with Gasteiger partial charge in [0.15, 0.2) is 0 Å². The first-order chi connectivity index (χ1) is 13.0. The molecular weight excluding hydrogens is 354 g/mol. The first-order valence-electron chi connectivity index (χ1n) is 9.60. The maximum absolute atomic E-state index is 13.1. The van der Waals surface area contributed by atoms with Gasteiger partial charge < -0.3 is 14.5 Å². The Balaban J connectivity index is 1.42. The van der Waals surface area contributed by atoms with Crippen molar-refractivity contribution in [2.24, 2.45) is 11.3 Å². The van der Waals surface area contributed by atoms with Crippen LogP contribution in [0.4, 0.5) is 8.78 Å². The maximum Gasteiger partial charge on any atom is 0.387 e. The van der Waals surface area contributed by atoms with Crippen LogP contribution in [-0.4, -0.2) is 54.4 Å². The zero-order valence-corrected chi connectivity index (χ0v) is 15.2. The van der Waals surface area contributed by atoms with Gasteiger partial charge in [0.05, 0.1) is 5.41 Å². The Morgan fingerprint density at radius 1 is 1.19 bits per heavy atom. The molecule has 0 radical (unpaired) electrons. The van der Waals surface area contributed by atoms with E-state index in [-0.39, 0.29) is 17.6 Å². The summed E-state index contributed by atoms with van der Waals surface area (Å²) in [6.45, 7) is -0.199. The molecule has 0 N–H and O–H groups in total. The molecule has 1 aromatic rings. The topological polar surface area (TPSA) is 49.9 Å². The van der Waals surface area contributed by atoms with E-state index in [0.717, 1.165) is 25.9 Å². The molecule has 1 aliphatic carbocycles. The Bertz CT molecular complexity index is 720. The van der Waals surface area contributed by atoms with Gasteiger partial charge in [-0.3, -0.25) is 9.59 Å². The van der Waals surface area contributed by atoms with Crippen LogP contribution in [0.1, 0.15) is 42.5 Å². The molecule has 4 rings (SSSR count). The van der Waals surface area contributed by atoms with Gasteiger partial charge in [0, 0.05) is 31.7 Å². The summed E-state index contributed by atoms with van der Waals surface area (Å²) >= 11 is 0. The summed E-state index contributed by atoms with van der Waals surface area (Å²) < 4.78 is 28.8. The van der Waals surface area contributed by atoms with Gasteiger partial charge in [-0.1, -0.05) is 0 Å². The van der Waals surface area contributed by atoms with Crippen LogP contribution in [0.3, 0.4) is 0 Å². The molecule has 2 amide bonds. The number of likely N-dealkylation sites (tertiary alicyclic amines) is 2.